The molecule has 0 spiro atoms. The van der Waals surface area contributed by atoms with E-state index in [2.05, 4.69) is 9.97 Å². The number of hydrogen-bond donors (Lipinski definition) is 0. The molecule has 0 saturated heterocycles. The van der Waals surface area contributed by atoms with Gasteiger partial charge in [-0.05, 0) is 20.8 Å². The SMILES string of the molecule is CN(CCOc1c(Cl)ncnc1Cl)C(=O)OC(C)(C)C. The van der Waals surface area contributed by atoms with E-state index >= 15 is 0 Å². The molecule has 8 heteroatoms. The van der Waals surface area contributed by atoms with Crippen molar-refractivity contribution in [3.63, 3.8) is 0 Å². The molecule has 0 aromatic carbocycles. The highest BCUT2D eigenvalue weighted by Crippen LogP contribution is 2.28. The third-order valence-electron chi connectivity index (χ3n) is 2.10. The quantitative estimate of drug-likeness (QED) is 0.797. The molecule has 112 valence electrons. The first-order valence-electron chi connectivity index (χ1n) is 5.93. The van der Waals surface area contributed by atoms with Crippen molar-refractivity contribution in [2.45, 2.75) is 26.4 Å². The molecule has 1 amide bonds. The molecule has 0 fully saturated rings. The van der Waals surface area contributed by atoms with Crippen molar-refractivity contribution in [2.75, 3.05) is 20.2 Å². The largest absolute Gasteiger partial charge is 0.485 e. The van der Waals surface area contributed by atoms with E-state index in [4.69, 9.17) is 32.7 Å². The second-order valence-electron chi connectivity index (χ2n) is 5.03. The highest BCUT2D eigenvalue weighted by molar-refractivity contribution is 6.35. The summed E-state index contributed by atoms with van der Waals surface area (Å²) in [7, 11) is 1.61. The predicted molar refractivity (Wildman–Crippen MR) is 76.4 cm³/mol. The Morgan fingerprint density at radius 2 is 1.85 bits per heavy atom. The van der Waals surface area contributed by atoms with Gasteiger partial charge < -0.3 is 14.4 Å². The summed E-state index contributed by atoms with van der Waals surface area (Å²) in [5.41, 5.74) is -0.536. The number of aromatic nitrogens is 2. The smallest absolute Gasteiger partial charge is 0.410 e. The van der Waals surface area contributed by atoms with Gasteiger partial charge in [-0.1, -0.05) is 23.2 Å². The van der Waals surface area contributed by atoms with Crippen LogP contribution in [0.3, 0.4) is 0 Å². The number of carbonyl (C=O) groups excluding carboxylic acids is 1. The molecular formula is C12H17Cl2N3O3. The third-order valence-corrected chi connectivity index (χ3v) is 2.63. The average Bonchev–Trinajstić information content (AvgIpc) is 2.30. The Morgan fingerprint density at radius 3 is 2.35 bits per heavy atom. The lowest BCUT2D eigenvalue weighted by atomic mass is 10.2. The summed E-state index contributed by atoms with van der Waals surface area (Å²) < 4.78 is 10.6. The van der Waals surface area contributed by atoms with Gasteiger partial charge in [0.1, 0.15) is 18.5 Å². The van der Waals surface area contributed by atoms with Gasteiger partial charge in [0, 0.05) is 7.05 Å². The van der Waals surface area contributed by atoms with Crippen molar-refractivity contribution in [1.82, 2.24) is 14.9 Å². The van der Waals surface area contributed by atoms with Gasteiger partial charge in [-0.25, -0.2) is 14.8 Å². The minimum Gasteiger partial charge on any atom is -0.485 e. The van der Waals surface area contributed by atoms with E-state index in [0.717, 1.165) is 0 Å². The molecule has 0 atom stereocenters. The fourth-order valence-corrected chi connectivity index (χ4v) is 1.59. The van der Waals surface area contributed by atoms with Crippen LogP contribution in [0, 0.1) is 0 Å². The highest BCUT2D eigenvalue weighted by Gasteiger charge is 2.19. The molecular weight excluding hydrogens is 305 g/mol. The minimum absolute atomic E-state index is 0.130. The summed E-state index contributed by atoms with van der Waals surface area (Å²) in [4.78, 5) is 20.6. The fraction of sp³-hybridized carbons (Fsp3) is 0.583. The number of halogens is 2. The molecule has 0 aliphatic rings. The van der Waals surface area contributed by atoms with Gasteiger partial charge in [-0.2, -0.15) is 0 Å². The van der Waals surface area contributed by atoms with E-state index in [1.807, 2.05) is 0 Å². The van der Waals surface area contributed by atoms with Crippen LogP contribution in [0.15, 0.2) is 6.33 Å². The van der Waals surface area contributed by atoms with Crippen molar-refractivity contribution < 1.29 is 14.3 Å². The number of rotatable bonds is 4. The molecule has 1 rings (SSSR count). The number of nitrogens with zero attached hydrogens (tertiary/aromatic N) is 3. The van der Waals surface area contributed by atoms with Crippen LogP contribution in [0.5, 0.6) is 5.75 Å². The van der Waals surface area contributed by atoms with E-state index < -0.39 is 11.7 Å². The standard InChI is InChI=1S/C12H17Cl2N3O3/c1-12(2,3)20-11(18)17(4)5-6-19-8-9(13)15-7-16-10(8)14/h7H,5-6H2,1-4H3. The molecule has 0 bridgehead atoms. The molecule has 1 aromatic heterocycles. The van der Waals surface area contributed by atoms with Crippen LogP contribution in [-0.2, 0) is 4.74 Å². The molecule has 0 unspecified atom stereocenters. The Labute approximate surface area is 128 Å². The average molecular weight is 322 g/mol. The lowest BCUT2D eigenvalue weighted by Gasteiger charge is -2.24. The van der Waals surface area contributed by atoms with Crippen molar-refractivity contribution in [2.24, 2.45) is 0 Å². The molecule has 0 aliphatic carbocycles. The molecule has 1 aromatic rings. The van der Waals surface area contributed by atoms with Gasteiger partial charge in [-0.15, -0.1) is 0 Å². The summed E-state index contributed by atoms with van der Waals surface area (Å²) >= 11 is 11.7. The van der Waals surface area contributed by atoms with Gasteiger partial charge in [0.05, 0.1) is 6.54 Å². The maximum absolute atomic E-state index is 11.7. The zero-order chi connectivity index (χ0) is 15.3. The third kappa shape index (κ3) is 5.38. The van der Waals surface area contributed by atoms with Crippen molar-refractivity contribution in [3.05, 3.63) is 16.6 Å². The first-order chi connectivity index (χ1) is 9.20. The highest BCUT2D eigenvalue weighted by atomic mass is 35.5. The monoisotopic (exact) mass is 321 g/mol. The Hall–Kier alpha value is -1.27. The van der Waals surface area contributed by atoms with Crippen LogP contribution in [0.1, 0.15) is 20.8 Å². The van der Waals surface area contributed by atoms with Crippen LogP contribution in [-0.4, -0.2) is 46.8 Å². The van der Waals surface area contributed by atoms with Crippen molar-refractivity contribution in [3.8, 4) is 5.75 Å². The van der Waals surface area contributed by atoms with E-state index in [-0.39, 0.29) is 22.7 Å². The zero-order valence-corrected chi connectivity index (χ0v) is 13.3. The van der Waals surface area contributed by atoms with Crippen molar-refractivity contribution in [1.29, 1.82) is 0 Å². The maximum Gasteiger partial charge on any atom is 0.410 e. The normalized spacial score (nSPS) is 11.1. The second kappa shape index (κ2) is 6.95. The van der Waals surface area contributed by atoms with Crippen LogP contribution >= 0.6 is 23.2 Å². The number of ether oxygens (including phenoxy) is 2. The lowest BCUT2D eigenvalue weighted by Crippen LogP contribution is -2.36. The fourth-order valence-electron chi connectivity index (χ4n) is 1.17. The summed E-state index contributed by atoms with van der Waals surface area (Å²) in [6.45, 7) is 5.92. The van der Waals surface area contributed by atoms with Crippen LogP contribution in [0.2, 0.25) is 10.3 Å². The van der Waals surface area contributed by atoms with Crippen molar-refractivity contribution >= 4 is 29.3 Å². The maximum atomic E-state index is 11.7. The van der Waals surface area contributed by atoms with E-state index in [9.17, 15) is 4.79 Å². The van der Waals surface area contributed by atoms with Gasteiger partial charge in [0.2, 0.25) is 0 Å². The zero-order valence-electron chi connectivity index (χ0n) is 11.8. The van der Waals surface area contributed by atoms with Gasteiger partial charge >= 0.3 is 6.09 Å². The Morgan fingerprint density at radius 1 is 1.30 bits per heavy atom. The summed E-state index contributed by atoms with van der Waals surface area (Å²) in [5.74, 6) is 0.202. The van der Waals surface area contributed by atoms with Gasteiger partial charge in [0.25, 0.3) is 0 Å². The van der Waals surface area contributed by atoms with Gasteiger partial charge in [0.15, 0.2) is 16.1 Å². The predicted octanol–water partition coefficient (Wildman–Crippen LogP) is 3.03. The number of hydrogen-bond acceptors (Lipinski definition) is 5. The van der Waals surface area contributed by atoms with E-state index in [0.29, 0.717) is 6.54 Å². The molecule has 0 N–H and O–H groups in total. The number of carbonyl (C=O) groups is 1. The molecule has 1 heterocycles. The minimum atomic E-state index is -0.536. The summed E-state index contributed by atoms with van der Waals surface area (Å²) in [6, 6.07) is 0. The summed E-state index contributed by atoms with van der Waals surface area (Å²) in [5, 5.41) is 0.259. The number of likely N-dealkylation sites (N-methyl/N-ethyl adjacent to an activating group) is 1. The van der Waals surface area contributed by atoms with Crippen LogP contribution < -0.4 is 4.74 Å². The molecule has 0 saturated carbocycles. The topological polar surface area (TPSA) is 64.5 Å². The molecule has 6 nitrogen and oxygen atoms in total. The Balaban J connectivity index is 2.46. The van der Waals surface area contributed by atoms with Crippen LogP contribution in [0.4, 0.5) is 4.79 Å². The van der Waals surface area contributed by atoms with Gasteiger partial charge in [-0.3, -0.25) is 0 Å². The Kier molecular flexibility index (Phi) is 5.83. The Bertz CT molecular complexity index is 457. The first kappa shape index (κ1) is 16.8. The van der Waals surface area contributed by atoms with E-state index in [1.54, 1.807) is 27.8 Å². The second-order valence-corrected chi connectivity index (χ2v) is 5.75. The molecule has 20 heavy (non-hydrogen) atoms. The lowest BCUT2D eigenvalue weighted by molar-refractivity contribution is 0.0278. The van der Waals surface area contributed by atoms with Crippen LogP contribution in [0.25, 0.3) is 0 Å². The molecule has 0 aliphatic heterocycles. The number of amides is 1. The first-order valence-corrected chi connectivity index (χ1v) is 6.69. The van der Waals surface area contributed by atoms with E-state index in [1.165, 1.54) is 11.2 Å². The summed E-state index contributed by atoms with van der Waals surface area (Å²) in [6.07, 6.45) is 0.812. The molecule has 0 radical (unpaired) electrons.